The maximum absolute atomic E-state index is 12.7. The number of carbonyl (C=O) groups is 2. The summed E-state index contributed by atoms with van der Waals surface area (Å²) in [5.41, 5.74) is 0. The van der Waals surface area contributed by atoms with Crippen molar-refractivity contribution in [3.8, 4) is 0 Å². The number of ether oxygens (including phenoxy) is 1. The first kappa shape index (κ1) is 15.4. The van der Waals surface area contributed by atoms with E-state index in [9.17, 15) is 9.59 Å². The van der Waals surface area contributed by atoms with Crippen molar-refractivity contribution >= 4 is 11.8 Å². The summed E-state index contributed by atoms with van der Waals surface area (Å²) >= 11 is 0. The molecule has 5 heteroatoms. The first-order valence-corrected chi connectivity index (χ1v) is 9.32. The molecule has 0 aromatic heterocycles. The molecule has 0 aromatic carbocycles. The molecular formula is C18H28N2O3. The second kappa shape index (κ2) is 6.08. The largest absolute Gasteiger partial charge is 0.376 e. The van der Waals surface area contributed by atoms with Gasteiger partial charge in [0.2, 0.25) is 11.8 Å². The third-order valence-electron chi connectivity index (χ3n) is 6.42. The van der Waals surface area contributed by atoms with E-state index in [1.807, 2.05) is 4.90 Å². The van der Waals surface area contributed by atoms with Gasteiger partial charge in [-0.25, -0.2) is 0 Å². The lowest BCUT2D eigenvalue weighted by Gasteiger charge is -2.43. The van der Waals surface area contributed by atoms with Crippen LogP contribution in [0.1, 0.15) is 45.4 Å². The highest BCUT2D eigenvalue weighted by Crippen LogP contribution is 2.38. The summed E-state index contributed by atoms with van der Waals surface area (Å²) in [6.07, 6.45) is 6.44. The maximum atomic E-state index is 12.7. The van der Waals surface area contributed by atoms with E-state index in [2.05, 4.69) is 12.2 Å². The topological polar surface area (TPSA) is 58.6 Å². The van der Waals surface area contributed by atoms with Crippen LogP contribution in [0.3, 0.4) is 0 Å². The van der Waals surface area contributed by atoms with Crippen LogP contribution < -0.4 is 5.32 Å². The summed E-state index contributed by atoms with van der Waals surface area (Å²) in [7, 11) is 0. The van der Waals surface area contributed by atoms with Crippen LogP contribution in [-0.2, 0) is 14.3 Å². The van der Waals surface area contributed by atoms with Gasteiger partial charge in [-0.15, -0.1) is 0 Å². The SMILES string of the molecule is CC1CC(C(=O)N2C[C@H]3OCC[C@H]3[C@H](C(=O)NC3CCC3)C2)C1. The minimum Gasteiger partial charge on any atom is -0.376 e. The molecular weight excluding hydrogens is 292 g/mol. The highest BCUT2D eigenvalue weighted by molar-refractivity contribution is 5.83. The Hall–Kier alpha value is -1.10. The van der Waals surface area contributed by atoms with Crippen molar-refractivity contribution in [2.75, 3.05) is 19.7 Å². The molecule has 4 fully saturated rings. The summed E-state index contributed by atoms with van der Waals surface area (Å²) < 4.78 is 5.84. The van der Waals surface area contributed by atoms with Crippen molar-refractivity contribution in [1.29, 1.82) is 0 Å². The Kier molecular flexibility index (Phi) is 4.08. The van der Waals surface area contributed by atoms with Crippen LogP contribution in [0.25, 0.3) is 0 Å². The molecule has 5 nitrogen and oxygen atoms in total. The van der Waals surface area contributed by atoms with Crippen molar-refractivity contribution < 1.29 is 14.3 Å². The minimum absolute atomic E-state index is 0.0577. The number of likely N-dealkylation sites (tertiary alicyclic amines) is 1. The average molecular weight is 320 g/mol. The van der Waals surface area contributed by atoms with Gasteiger partial charge in [0, 0.05) is 37.6 Å². The maximum Gasteiger partial charge on any atom is 0.225 e. The summed E-state index contributed by atoms with van der Waals surface area (Å²) in [5, 5.41) is 3.19. The van der Waals surface area contributed by atoms with Gasteiger partial charge in [0.15, 0.2) is 0 Å². The second-order valence-electron chi connectivity index (χ2n) is 8.12. The molecule has 0 unspecified atom stereocenters. The second-order valence-corrected chi connectivity index (χ2v) is 8.12. The Morgan fingerprint density at radius 2 is 1.91 bits per heavy atom. The lowest BCUT2D eigenvalue weighted by molar-refractivity contribution is -0.148. The number of rotatable bonds is 3. The molecule has 0 bridgehead atoms. The Bertz CT molecular complexity index is 485. The Labute approximate surface area is 138 Å². The fourth-order valence-corrected chi connectivity index (χ4v) is 4.66. The van der Waals surface area contributed by atoms with Crippen LogP contribution >= 0.6 is 0 Å². The monoisotopic (exact) mass is 320 g/mol. The number of carbonyl (C=O) groups excluding carboxylic acids is 2. The first-order chi connectivity index (χ1) is 11.1. The fraction of sp³-hybridized carbons (Fsp3) is 0.889. The molecule has 2 aliphatic carbocycles. The average Bonchev–Trinajstić information content (AvgIpc) is 2.94. The molecule has 0 aromatic rings. The van der Waals surface area contributed by atoms with Crippen molar-refractivity contribution in [1.82, 2.24) is 10.2 Å². The van der Waals surface area contributed by atoms with Crippen LogP contribution in [0.5, 0.6) is 0 Å². The molecule has 1 N–H and O–H groups in total. The number of hydrogen-bond donors (Lipinski definition) is 1. The highest BCUT2D eigenvalue weighted by atomic mass is 16.5. The number of nitrogens with zero attached hydrogens (tertiary/aromatic N) is 1. The number of piperidine rings is 1. The van der Waals surface area contributed by atoms with Gasteiger partial charge in [0.1, 0.15) is 0 Å². The molecule has 4 rings (SSSR count). The molecule has 23 heavy (non-hydrogen) atoms. The van der Waals surface area contributed by atoms with E-state index in [-0.39, 0.29) is 29.8 Å². The van der Waals surface area contributed by atoms with Gasteiger partial charge in [-0.3, -0.25) is 9.59 Å². The van der Waals surface area contributed by atoms with E-state index in [0.29, 0.717) is 31.0 Å². The molecule has 2 heterocycles. The predicted octanol–water partition coefficient (Wildman–Crippen LogP) is 1.56. The van der Waals surface area contributed by atoms with Gasteiger partial charge in [-0.1, -0.05) is 6.92 Å². The normalized spacial score (nSPS) is 40.0. The zero-order chi connectivity index (χ0) is 16.0. The van der Waals surface area contributed by atoms with Crippen LogP contribution in [0.2, 0.25) is 0 Å². The van der Waals surface area contributed by atoms with Crippen LogP contribution in [0.4, 0.5) is 0 Å². The van der Waals surface area contributed by atoms with E-state index in [1.165, 1.54) is 6.42 Å². The van der Waals surface area contributed by atoms with Crippen molar-refractivity contribution in [3.05, 3.63) is 0 Å². The van der Waals surface area contributed by atoms with Gasteiger partial charge in [-0.05, 0) is 44.4 Å². The highest BCUT2D eigenvalue weighted by Gasteiger charge is 2.47. The summed E-state index contributed by atoms with van der Waals surface area (Å²) in [6, 6.07) is 0.363. The van der Waals surface area contributed by atoms with Crippen LogP contribution in [-0.4, -0.2) is 48.6 Å². The molecule has 2 aliphatic heterocycles. The van der Waals surface area contributed by atoms with Gasteiger partial charge >= 0.3 is 0 Å². The molecule has 4 aliphatic rings. The molecule has 128 valence electrons. The molecule has 0 radical (unpaired) electrons. The minimum atomic E-state index is -0.0849. The Morgan fingerprint density at radius 3 is 2.57 bits per heavy atom. The van der Waals surface area contributed by atoms with Crippen molar-refractivity contribution in [2.45, 2.75) is 57.6 Å². The Morgan fingerprint density at radius 1 is 1.13 bits per heavy atom. The van der Waals surface area contributed by atoms with Gasteiger partial charge in [-0.2, -0.15) is 0 Å². The molecule has 2 saturated carbocycles. The Balaban J connectivity index is 1.43. The number of amides is 2. The quantitative estimate of drug-likeness (QED) is 0.858. The lowest BCUT2D eigenvalue weighted by Crippen LogP contribution is -2.57. The van der Waals surface area contributed by atoms with Gasteiger partial charge in [0.05, 0.1) is 12.0 Å². The third-order valence-corrected chi connectivity index (χ3v) is 6.42. The third kappa shape index (κ3) is 2.88. The van der Waals surface area contributed by atoms with Crippen LogP contribution in [0.15, 0.2) is 0 Å². The van der Waals surface area contributed by atoms with Gasteiger partial charge in [0.25, 0.3) is 0 Å². The first-order valence-electron chi connectivity index (χ1n) is 9.32. The number of nitrogens with one attached hydrogen (secondary N) is 1. The summed E-state index contributed by atoms with van der Waals surface area (Å²) in [4.78, 5) is 27.3. The zero-order valence-corrected chi connectivity index (χ0v) is 14.0. The molecule has 2 saturated heterocycles. The molecule has 0 spiro atoms. The van der Waals surface area contributed by atoms with E-state index in [4.69, 9.17) is 4.74 Å². The smallest absolute Gasteiger partial charge is 0.225 e. The predicted molar refractivity (Wildman–Crippen MR) is 85.6 cm³/mol. The van der Waals surface area contributed by atoms with E-state index >= 15 is 0 Å². The van der Waals surface area contributed by atoms with Crippen molar-refractivity contribution in [2.24, 2.45) is 23.7 Å². The summed E-state index contributed by atoms with van der Waals surface area (Å²) in [5.74, 6) is 1.45. The van der Waals surface area contributed by atoms with E-state index < -0.39 is 0 Å². The summed E-state index contributed by atoms with van der Waals surface area (Å²) in [6.45, 7) is 4.20. The fourth-order valence-electron chi connectivity index (χ4n) is 4.66. The van der Waals surface area contributed by atoms with Crippen LogP contribution in [0, 0.1) is 23.7 Å². The molecule has 3 atom stereocenters. The molecule has 2 amide bonds. The van der Waals surface area contributed by atoms with Crippen molar-refractivity contribution in [3.63, 3.8) is 0 Å². The lowest BCUT2D eigenvalue weighted by atomic mass is 9.74. The zero-order valence-electron chi connectivity index (χ0n) is 14.0. The number of hydrogen-bond acceptors (Lipinski definition) is 3. The standard InChI is InChI=1S/C18H28N2O3/c1-11-7-12(8-11)18(22)20-9-15(14-5-6-23-16(14)10-20)17(21)19-13-3-2-4-13/h11-16H,2-10H2,1H3,(H,19,21)/t11?,12?,14-,15+,16+/m0/s1. The van der Waals surface area contributed by atoms with E-state index in [0.717, 1.165) is 38.7 Å². The number of fused-ring (bicyclic) bond motifs is 1. The van der Waals surface area contributed by atoms with Gasteiger partial charge < -0.3 is 15.0 Å². The van der Waals surface area contributed by atoms with E-state index in [1.54, 1.807) is 0 Å².